The normalized spacial score (nSPS) is 22.5. The van der Waals surface area contributed by atoms with Crippen LogP contribution >= 0.6 is 0 Å². The first-order chi connectivity index (χ1) is 18.2. The van der Waals surface area contributed by atoms with Crippen molar-refractivity contribution in [1.82, 2.24) is 14.9 Å². The van der Waals surface area contributed by atoms with Gasteiger partial charge in [0, 0.05) is 31.0 Å². The van der Waals surface area contributed by atoms with Crippen LogP contribution in [0.5, 0.6) is 5.88 Å². The van der Waals surface area contributed by atoms with E-state index in [1.54, 1.807) is 4.90 Å². The summed E-state index contributed by atoms with van der Waals surface area (Å²) in [5.41, 5.74) is 2.50. The summed E-state index contributed by atoms with van der Waals surface area (Å²) < 4.78 is 17.3. The number of nitrogens with zero attached hydrogens (tertiary/aromatic N) is 4. The van der Waals surface area contributed by atoms with Gasteiger partial charge in [0.05, 0.1) is 31.9 Å². The molecule has 1 aliphatic carbocycles. The predicted molar refractivity (Wildman–Crippen MR) is 148 cm³/mol. The van der Waals surface area contributed by atoms with Crippen LogP contribution in [-0.2, 0) is 9.47 Å². The van der Waals surface area contributed by atoms with E-state index in [0.717, 1.165) is 56.2 Å². The van der Waals surface area contributed by atoms with Gasteiger partial charge in [0.15, 0.2) is 0 Å². The minimum absolute atomic E-state index is 0.146. The molecule has 2 aromatic rings. The van der Waals surface area contributed by atoms with Crippen LogP contribution in [0.3, 0.4) is 0 Å². The summed E-state index contributed by atoms with van der Waals surface area (Å²) in [7, 11) is 0. The number of rotatable bonds is 6. The molecule has 38 heavy (non-hydrogen) atoms. The van der Waals surface area contributed by atoms with Gasteiger partial charge in [-0.1, -0.05) is 19.1 Å². The van der Waals surface area contributed by atoms with E-state index in [4.69, 9.17) is 19.2 Å². The van der Waals surface area contributed by atoms with Gasteiger partial charge < -0.3 is 29.3 Å². The molecule has 5 rings (SSSR count). The van der Waals surface area contributed by atoms with Gasteiger partial charge in [-0.2, -0.15) is 4.98 Å². The van der Waals surface area contributed by atoms with E-state index in [9.17, 15) is 4.79 Å². The Labute approximate surface area is 225 Å². The summed E-state index contributed by atoms with van der Waals surface area (Å²) in [6, 6.07) is 8.84. The highest BCUT2D eigenvalue weighted by atomic mass is 16.6. The molecule has 0 atom stereocenters. The zero-order valence-electron chi connectivity index (χ0n) is 23.1. The highest BCUT2D eigenvalue weighted by molar-refractivity contribution is 5.71. The molecule has 1 amide bonds. The predicted octanol–water partition coefficient (Wildman–Crippen LogP) is 4.97. The molecule has 1 aromatic heterocycles. The Balaban J connectivity index is 1.31. The van der Waals surface area contributed by atoms with Crippen molar-refractivity contribution in [3.63, 3.8) is 0 Å². The van der Waals surface area contributed by atoms with Crippen LogP contribution in [0.4, 0.5) is 16.4 Å². The van der Waals surface area contributed by atoms with Gasteiger partial charge in [-0.05, 0) is 70.1 Å². The van der Waals surface area contributed by atoms with Gasteiger partial charge in [-0.3, -0.25) is 0 Å². The topological polar surface area (TPSA) is 89.1 Å². The number of hydrogen-bond acceptors (Lipinski definition) is 8. The lowest BCUT2D eigenvalue weighted by Gasteiger charge is -2.39. The van der Waals surface area contributed by atoms with Crippen molar-refractivity contribution in [3.8, 4) is 17.0 Å². The molecule has 9 nitrogen and oxygen atoms in total. The SMILES string of the molecule is CC1CCC(Nc2ncc(-c3ccc(N4CCOCC4)cc3)c(OC3CN(C(=O)OC(C)(C)C)C3)n2)CC1. The number of aromatic nitrogens is 2. The Hall–Kier alpha value is -3.07. The maximum Gasteiger partial charge on any atom is 0.410 e. The average Bonchev–Trinajstić information content (AvgIpc) is 2.87. The molecule has 3 aliphatic rings. The number of hydrogen-bond donors (Lipinski definition) is 1. The highest BCUT2D eigenvalue weighted by Gasteiger charge is 2.36. The maximum atomic E-state index is 12.4. The lowest BCUT2D eigenvalue weighted by Crippen LogP contribution is -2.57. The minimum atomic E-state index is -0.520. The van der Waals surface area contributed by atoms with Crippen molar-refractivity contribution in [1.29, 1.82) is 0 Å². The van der Waals surface area contributed by atoms with E-state index in [1.165, 1.54) is 18.5 Å². The van der Waals surface area contributed by atoms with E-state index >= 15 is 0 Å². The third-order valence-corrected chi connectivity index (χ3v) is 7.44. The minimum Gasteiger partial charge on any atom is -0.470 e. The molecular formula is C29H41N5O4. The lowest BCUT2D eigenvalue weighted by molar-refractivity contribution is -0.0230. The van der Waals surface area contributed by atoms with Gasteiger partial charge >= 0.3 is 6.09 Å². The molecule has 0 unspecified atom stereocenters. The van der Waals surface area contributed by atoms with E-state index in [1.807, 2.05) is 27.0 Å². The molecule has 1 N–H and O–H groups in total. The van der Waals surface area contributed by atoms with E-state index in [2.05, 4.69) is 46.4 Å². The Morgan fingerprint density at radius 2 is 1.74 bits per heavy atom. The van der Waals surface area contributed by atoms with Crippen LogP contribution in [0.1, 0.15) is 53.4 Å². The monoisotopic (exact) mass is 523 g/mol. The van der Waals surface area contributed by atoms with Crippen molar-refractivity contribution in [3.05, 3.63) is 30.5 Å². The number of carbonyl (C=O) groups excluding carboxylic acids is 1. The molecule has 0 spiro atoms. The smallest absolute Gasteiger partial charge is 0.410 e. The third kappa shape index (κ3) is 6.67. The number of ether oxygens (including phenoxy) is 3. The van der Waals surface area contributed by atoms with E-state index in [0.29, 0.717) is 31.0 Å². The molecule has 0 radical (unpaired) electrons. The van der Waals surface area contributed by atoms with Crippen molar-refractivity contribution < 1.29 is 19.0 Å². The zero-order chi connectivity index (χ0) is 26.7. The van der Waals surface area contributed by atoms with Crippen molar-refractivity contribution in [2.45, 2.75) is 71.1 Å². The number of morpholine rings is 1. The second-order valence-electron chi connectivity index (χ2n) is 11.8. The van der Waals surface area contributed by atoms with Crippen LogP contribution in [0.25, 0.3) is 11.1 Å². The van der Waals surface area contributed by atoms with Crippen LogP contribution in [0.2, 0.25) is 0 Å². The van der Waals surface area contributed by atoms with Gasteiger partial charge in [-0.25, -0.2) is 9.78 Å². The molecule has 1 aromatic carbocycles. The Bertz CT molecular complexity index is 1080. The molecular weight excluding hydrogens is 482 g/mol. The molecule has 206 valence electrons. The zero-order valence-corrected chi connectivity index (χ0v) is 23.1. The standard InChI is InChI=1S/C29H41N5O4/c1-20-5-9-22(10-6-20)31-27-30-17-25(21-7-11-23(12-8-21)33-13-15-36-16-14-33)26(32-27)37-24-18-34(19-24)28(35)38-29(2,3)4/h7-8,11-12,17,20,22,24H,5-6,9-10,13-16,18-19H2,1-4H3,(H,30,31,32). The Morgan fingerprint density at radius 3 is 2.39 bits per heavy atom. The van der Waals surface area contributed by atoms with Gasteiger partial charge in [0.1, 0.15) is 11.7 Å². The number of carbonyl (C=O) groups is 1. The number of anilines is 2. The van der Waals surface area contributed by atoms with Crippen LogP contribution in [0.15, 0.2) is 30.5 Å². The van der Waals surface area contributed by atoms with Crippen LogP contribution in [-0.4, -0.2) is 78.1 Å². The van der Waals surface area contributed by atoms with E-state index < -0.39 is 5.60 Å². The summed E-state index contributed by atoms with van der Waals surface area (Å²) in [6.07, 6.45) is 6.08. The van der Waals surface area contributed by atoms with E-state index in [-0.39, 0.29) is 12.2 Å². The summed E-state index contributed by atoms with van der Waals surface area (Å²) >= 11 is 0. The second-order valence-corrected chi connectivity index (χ2v) is 11.8. The fourth-order valence-electron chi connectivity index (χ4n) is 5.13. The van der Waals surface area contributed by atoms with Crippen molar-refractivity contribution in [2.24, 2.45) is 5.92 Å². The quantitative estimate of drug-likeness (QED) is 0.568. The average molecular weight is 524 g/mol. The van der Waals surface area contributed by atoms with Crippen LogP contribution < -0.4 is 15.0 Å². The molecule has 1 saturated carbocycles. The molecule has 0 bridgehead atoms. The first-order valence-electron chi connectivity index (χ1n) is 13.9. The number of amides is 1. The van der Waals surface area contributed by atoms with Gasteiger partial charge in [0.2, 0.25) is 11.8 Å². The fraction of sp³-hybridized carbons (Fsp3) is 0.621. The number of nitrogens with one attached hydrogen (secondary N) is 1. The summed E-state index contributed by atoms with van der Waals surface area (Å²) in [5, 5.41) is 3.53. The van der Waals surface area contributed by atoms with Crippen molar-refractivity contribution in [2.75, 3.05) is 49.6 Å². The van der Waals surface area contributed by atoms with Crippen molar-refractivity contribution >= 4 is 17.7 Å². The molecule has 9 heteroatoms. The summed E-state index contributed by atoms with van der Waals surface area (Å²) in [6.45, 7) is 12.2. The fourth-order valence-corrected chi connectivity index (χ4v) is 5.13. The molecule has 3 fully saturated rings. The lowest BCUT2D eigenvalue weighted by atomic mass is 9.87. The first kappa shape index (κ1) is 26.5. The Kier molecular flexibility index (Phi) is 7.93. The van der Waals surface area contributed by atoms with Gasteiger partial charge in [0.25, 0.3) is 0 Å². The van der Waals surface area contributed by atoms with Crippen LogP contribution in [0, 0.1) is 5.92 Å². The second kappa shape index (κ2) is 11.4. The largest absolute Gasteiger partial charge is 0.470 e. The summed E-state index contributed by atoms with van der Waals surface area (Å²) in [4.78, 5) is 25.9. The number of likely N-dealkylation sites (tertiary alicyclic amines) is 1. The molecule has 2 saturated heterocycles. The summed E-state index contributed by atoms with van der Waals surface area (Å²) in [5.74, 6) is 1.92. The van der Waals surface area contributed by atoms with Gasteiger partial charge in [-0.15, -0.1) is 0 Å². The first-order valence-corrected chi connectivity index (χ1v) is 13.9. The highest BCUT2D eigenvalue weighted by Crippen LogP contribution is 2.33. The third-order valence-electron chi connectivity index (χ3n) is 7.44. The maximum absolute atomic E-state index is 12.4. The molecule has 3 heterocycles. The molecule has 2 aliphatic heterocycles. The Morgan fingerprint density at radius 1 is 1.05 bits per heavy atom. The number of benzene rings is 1.